The average molecular weight is 424 g/mol. The fourth-order valence-electron chi connectivity index (χ4n) is 4.48. The molecule has 1 aromatic carbocycles. The molecule has 0 bridgehead atoms. The van der Waals surface area contributed by atoms with Gasteiger partial charge in [0, 0.05) is 18.7 Å². The Hall–Kier alpha value is -3.26. The maximum atomic E-state index is 13.0. The van der Waals surface area contributed by atoms with Crippen LogP contribution in [-0.2, 0) is 9.59 Å². The zero-order valence-electron chi connectivity index (χ0n) is 17.1. The van der Waals surface area contributed by atoms with Crippen molar-refractivity contribution < 1.29 is 28.6 Å². The number of aliphatic hydroxyl groups is 1. The number of benzene rings is 1. The Morgan fingerprint density at radius 2 is 1.84 bits per heavy atom. The zero-order chi connectivity index (χ0) is 21.4. The zero-order valence-corrected chi connectivity index (χ0v) is 17.1. The highest BCUT2D eigenvalue weighted by molar-refractivity contribution is 6.46. The quantitative estimate of drug-likeness (QED) is 0.448. The number of hydrogen-bond donors (Lipinski definition) is 1. The Labute approximate surface area is 179 Å². The van der Waals surface area contributed by atoms with E-state index < -0.39 is 17.7 Å². The van der Waals surface area contributed by atoms with E-state index in [1.807, 2.05) is 0 Å². The van der Waals surface area contributed by atoms with Crippen LogP contribution >= 0.6 is 0 Å². The molecule has 1 atom stereocenters. The summed E-state index contributed by atoms with van der Waals surface area (Å²) in [6.45, 7) is 3.15. The SMILES string of the molecule is O=C1C(=O)N(CCN2CCCCC2)C(c2ccco2)/C1=C(\O)c1ccc2c(c1)OCO2. The standard InChI is InChI=1S/C23H24N2O6/c26-21(15-6-7-16-18(13-15)31-14-30-16)19-20(17-5-4-12-29-17)25(23(28)22(19)27)11-10-24-8-2-1-3-9-24/h4-7,12-13,20,26H,1-3,8-11,14H2/b21-19+. The second-order valence-electron chi connectivity index (χ2n) is 7.98. The lowest BCUT2D eigenvalue weighted by Crippen LogP contribution is -2.39. The number of amides is 1. The van der Waals surface area contributed by atoms with Gasteiger partial charge in [0.25, 0.3) is 11.7 Å². The summed E-state index contributed by atoms with van der Waals surface area (Å²) < 4.78 is 16.3. The van der Waals surface area contributed by atoms with Crippen LogP contribution in [-0.4, -0.2) is 59.6 Å². The van der Waals surface area contributed by atoms with Crippen molar-refractivity contribution in [3.8, 4) is 11.5 Å². The van der Waals surface area contributed by atoms with Crippen LogP contribution in [0.2, 0.25) is 0 Å². The molecule has 1 aromatic heterocycles. The van der Waals surface area contributed by atoms with Gasteiger partial charge in [-0.2, -0.15) is 0 Å². The Balaban J connectivity index is 1.50. The number of aliphatic hydroxyl groups excluding tert-OH is 1. The molecule has 5 rings (SSSR count). The van der Waals surface area contributed by atoms with Crippen LogP contribution in [0.5, 0.6) is 11.5 Å². The van der Waals surface area contributed by atoms with E-state index in [1.165, 1.54) is 17.6 Å². The molecule has 31 heavy (non-hydrogen) atoms. The van der Waals surface area contributed by atoms with Crippen molar-refractivity contribution in [1.82, 2.24) is 9.80 Å². The van der Waals surface area contributed by atoms with E-state index >= 15 is 0 Å². The van der Waals surface area contributed by atoms with Crippen molar-refractivity contribution in [2.24, 2.45) is 0 Å². The summed E-state index contributed by atoms with van der Waals surface area (Å²) >= 11 is 0. The Kier molecular flexibility index (Phi) is 5.15. The third-order valence-electron chi connectivity index (χ3n) is 6.10. The van der Waals surface area contributed by atoms with Gasteiger partial charge in [0.1, 0.15) is 17.6 Å². The molecule has 8 nitrogen and oxygen atoms in total. The van der Waals surface area contributed by atoms with Crippen molar-refractivity contribution in [1.29, 1.82) is 0 Å². The summed E-state index contributed by atoms with van der Waals surface area (Å²) in [6, 6.07) is 7.58. The third kappa shape index (κ3) is 3.57. The first-order chi connectivity index (χ1) is 15.1. The highest BCUT2D eigenvalue weighted by Gasteiger charge is 2.47. The predicted octanol–water partition coefficient (Wildman–Crippen LogP) is 2.92. The molecule has 0 spiro atoms. The highest BCUT2D eigenvalue weighted by Crippen LogP contribution is 2.41. The van der Waals surface area contributed by atoms with E-state index in [4.69, 9.17) is 13.9 Å². The normalized spacial score (nSPS) is 23.0. The predicted molar refractivity (Wildman–Crippen MR) is 111 cm³/mol. The van der Waals surface area contributed by atoms with Gasteiger partial charge in [-0.25, -0.2) is 0 Å². The number of fused-ring (bicyclic) bond motifs is 1. The number of Topliss-reactive ketones (excluding diaryl/α,β-unsaturated/α-hetero) is 1. The maximum Gasteiger partial charge on any atom is 0.295 e. The fourth-order valence-corrected chi connectivity index (χ4v) is 4.48. The molecule has 3 aliphatic rings. The number of hydrogen-bond acceptors (Lipinski definition) is 7. The summed E-state index contributed by atoms with van der Waals surface area (Å²) in [5.41, 5.74) is 0.410. The van der Waals surface area contributed by atoms with Crippen molar-refractivity contribution >= 4 is 17.4 Å². The molecule has 4 heterocycles. The molecule has 2 aromatic rings. The lowest BCUT2D eigenvalue weighted by molar-refractivity contribution is -0.140. The third-order valence-corrected chi connectivity index (χ3v) is 6.10. The minimum atomic E-state index is -0.773. The first-order valence-corrected chi connectivity index (χ1v) is 10.6. The van der Waals surface area contributed by atoms with Crippen molar-refractivity contribution in [2.75, 3.05) is 33.0 Å². The summed E-state index contributed by atoms with van der Waals surface area (Å²) in [5, 5.41) is 11.1. The van der Waals surface area contributed by atoms with E-state index in [0.717, 1.165) is 25.9 Å². The maximum absolute atomic E-state index is 13.0. The molecule has 8 heteroatoms. The van der Waals surface area contributed by atoms with E-state index in [2.05, 4.69) is 4.90 Å². The van der Waals surface area contributed by atoms with E-state index in [1.54, 1.807) is 30.3 Å². The largest absolute Gasteiger partial charge is 0.507 e. The van der Waals surface area contributed by atoms with Gasteiger partial charge in [-0.05, 0) is 56.3 Å². The topological polar surface area (TPSA) is 92.5 Å². The van der Waals surface area contributed by atoms with Gasteiger partial charge >= 0.3 is 0 Å². The molecule has 2 fully saturated rings. The van der Waals surface area contributed by atoms with Gasteiger partial charge < -0.3 is 28.8 Å². The van der Waals surface area contributed by atoms with Gasteiger partial charge in [0.05, 0.1) is 11.8 Å². The number of likely N-dealkylation sites (tertiary alicyclic amines) is 2. The lowest BCUT2D eigenvalue weighted by Gasteiger charge is -2.30. The van der Waals surface area contributed by atoms with Gasteiger partial charge in [-0.15, -0.1) is 0 Å². The molecule has 1 N–H and O–H groups in total. The number of rotatable bonds is 5. The Morgan fingerprint density at radius 1 is 1.03 bits per heavy atom. The summed E-state index contributed by atoms with van der Waals surface area (Å²) in [5.74, 6) is -0.0892. The molecule has 2 saturated heterocycles. The Morgan fingerprint density at radius 3 is 2.61 bits per heavy atom. The second kappa shape index (κ2) is 8.11. The summed E-state index contributed by atoms with van der Waals surface area (Å²) in [6.07, 6.45) is 5.01. The van der Waals surface area contributed by atoms with Crippen molar-refractivity contribution in [3.05, 3.63) is 53.5 Å². The van der Waals surface area contributed by atoms with Gasteiger partial charge in [0.15, 0.2) is 11.5 Å². The summed E-state index contributed by atoms with van der Waals surface area (Å²) in [4.78, 5) is 29.8. The lowest BCUT2D eigenvalue weighted by atomic mass is 9.99. The monoisotopic (exact) mass is 424 g/mol. The highest BCUT2D eigenvalue weighted by atomic mass is 16.7. The van der Waals surface area contributed by atoms with Crippen LogP contribution < -0.4 is 9.47 Å². The van der Waals surface area contributed by atoms with E-state index in [-0.39, 0.29) is 18.1 Å². The average Bonchev–Trinajstić information content (AvgIpc) is 3.53. The number of ketones is 1. The van der Waals surface area contributed by atoms with Crippen LogP contribution in [0.1, 0.15) is 36.6 Å². The number of piperidine rings is 1. The number of carbonyl (C=O) groups is 2. The number of furan rings is 1. The summed E-state index contributed by atoms with van der Waals surface area (Å²) in [7, 11) is 0. The van der Waals surface area contributed by atoms with E-state index in [9.17, 15) is 14.7 Å². The van der Waals surface area contributed by atoms with Gasteiger partial charge in [0.2, 0.25) is 6.79 Å². The first kappa shape index (κ1) is 19.7. The Bertz CT molecular complexity index is 1020. The molecule has 0 saturated carbocycles. The van der Waals surface area contributed by atoms with E-state index in [0.29, 0.717) is 35.9 Å². The smallest absolute Gasteiger partial charge is 0.295 e. The minimum absolute atomic E-state index is 0.0254. The van der Waals surface area contributed by atoms with Crippen LogP contribution in [0.3, 0.4) is 0 Å². The number of ether oxygens (including phenoxy) is 2. The van der Waals surface area contributed by atoms with Crippen LogP contribution in [0.25, 0.3) is 5.76 Å². The first-order valence-electron chi connectivity index (χ1n) is 10.6. The van der Waals surface area contributed by atoms with Gasteiger partial charge in [-0.1, -0.05) is 6.42 Å². The molecule has 3 aliphatic heterocycles. The van der Waals surface area contributed by atoms with Gasteiger partial charge in [-0.3, -0.25) is 9.59 Å². The van der Waals surface area contributed by atoms with Crippen LogP contribution in [0.4, 0.5) is 0 Å². The molecule has 0 aliphatic carbocycles. The molecular formula is C23H24N2O6. The molecule has 1 amide bonds. The number of carbonyl (C=O) groups excluding carboxylic acids is 2. The molecular weight excluding hydrogens is 400 g/mol. The second-order valence-corrected chi connectivity index (χ2v) is 7.98. The number of nitrogens with zero attached hydrogens (tertiary/aromatic N) is 2. The van der Waals surface area contributed by atoms with Crippen molar-refractivity contribution in [2.45, 2.75) is 25.3 Å². The molecule has 1 unspecified atom stereocenters. The van der Waals surface area contributed by atoms with Crippen LogP contribution in [0.15, 0.2) is 46.6 Å². The molecule has 162 valence electrons. The minimum Gasteiger partial charge on any atom is -0.507 e. The fraction of sp³-hybridized carbons (Fsp3) is 0.391. The van der Waals surface area contributed by atoms with Crippen LogP contribution in [0, 0.1) is 0 Å². The van der Waals surface area contributed by atoms with Crippen molar-refractivity contribution in [3.63, 3.8) is 0 Å². The molecule has 0 radical (unpaired) electrons.